The molecule has 1 fully saturated rings. The molecule has 0 spiro atoms. The Kier molecular flexibility index (Phi) is 5.55. The zero-order valence-electron chi connectivity index (χ0n) is 19.4. The van der Waals surface area contributed by atoms with Gasteiger partial charge in [-0.2, -0.15) is 13.2 Å². The van der Waals surface area contributed by atoms with Crippen LogP contribution in [0.1, 0.15) is 56.3 Å². The van der Waals surface area contributed by atoms with Gasteiger partial charge in [0.25, 0.3) is 5.91 Å². The number of rotatable bonds is 2. The van der Waals surface area contributed by atoms with E-state index in [1.54, 1.807) is 11.0 Å². The summed E-state index contributed by atoms with van der Waals surface area (Å²) in [5.74, 6) is 0.0120. The number of carbonyl (C=O) groups is 1. The SMILES string of the molecule is CC(C)(C)c1cc(-c2ccc(C(F)(F)F)cc2)nc2cc(C(=O)N3CCNCC3(C)C)oc12. The van der Waals surface area contributed by atoms with E-state index in [-0.39, 0.29) is 22.6 Å². The van der Waals surface area contributed by atoms with Crippen molar-refractivity contribution in [1.29, 1.82) is 0 Å². The van der Waals surface area contributed by atoms with Crippen LogP contribution in [0, 0.1) is 0 Å². The molecular weight excluding hydrogens is 431 g/mol. The first-order valence-electron chi connectivity index (χ1n) is 10.9. The standard InChI is InChI=1S/C25H28F3N3O2/c1-23(2,3)17-12-18(15-6-8-16(9-7-15)25(26,27)28)30-19-13-20(33-21(17)19)22(32)31-11-10-29-14-24(31,4)5/h6-9,12-13,29H,10-11,14H2,1-5H3. The van der Waals surface area contributed by atoms with E-state index in [1.807, 2.05) is 40.7 Å². The summed E-state index contributed by atoms with van der Waals surface area (Å²) in [5.41, 5.74) is 1.55. The van der Waals surface area contributed by atoms with Gasteiger partial charge < -0.3 is 14.6 Å². The van der Waals surface area contributed by atoms with Crippen LogP contribution in [0.5, 0.6) is 0 Å². The fraction of sp³-hybridized carbons (Fsp3) is 0.440. The molecule has 0 saturated carbocycles. The van der Waals surface area contributed by atoms with Crippen LogP contribution in [0.15, 0.2) is 40.8 Å². The molecule has 3 aromatic rings. The van der Waals surface area contributed by atoms with Gasteiger partial charge in [-0.15, -0.1) is 0 Å². The fourth-order valence-corrected chi connectivity index (χ4v) is 4.15. The van der Waals surface area contributed by atoms with Gasteiger partial charge in [-0.3, -0.25) is 4.79 Å². The van der Waals surface area contributed by atoms with Crippen molar-refractivity contribution in [3.63, 3.8) is 0 Å². The molecule has 0 unspecified atom stereocenters. The summed E-state index contributed by atoms with van der Waals surface area (Å²) < 4.78 is 45.0. The van der Waals surface area contributed by atoms with Crippen molar-refractivity contribution in [2.75, 3.05) is 19.6 Å². The number of pyridine rings is 1. The van der Waals surface area contributed by atoms with Gasteiger partial charge in [-0.05, 0) is 37.5 Å². The Labute approximate surface area is 191 Å². The van der Waals surface area contributed by atoms with E-state index in [4.69, 9.17) is 4.42 Å². The van der Waals surface area contributed by atoms with Gasteiger partial charge in [0.1, 0.15) is 5.52 Å². The highest BCUT2D eigenvalue weighted by molar-refractivity contribution is 5.97. The van der Waals surface area contributed by atoms with Crippen LogP contribution in [-0.2, 0) is 11.6 Å². The zero-order valence-corrected chi connectivity index (χ0v) is 19.4. The van der Waals surface area contributed by atoms with Crippen LogP contribution in [0.25, 0.3) is 22.4 Å². The van der Waals surface area contributed by atoms with Crippen molar-refractivity contribution in [2.45, 2.75) is 51.7 Å². The number of nitrogens with one attached hydrogen (secondary N) is 1. The molecular formula is C25H28F3N3O2. The molecule has 8 heteroatoms. The van der Waals surface area contributed by atoms with Gasteiger partial charge in [0.2, 0.25) is 0 Å². The van der Waals surface area contributed by atoms with Gasteiger partial charge in [-0.25, -0.2) is 4.98 Å². The van der Waals surface area contributed by atoms with Crippen molar-refractivity contribution < 1.29 is 22.4 Å². The van der Waals surface area contributed by atoms with Gasteiger partial charge in [0.15, 0.2) is 11.3 Å². The molecule has 3 heterocycles. The Morgan fingerprint density at radius 1 is 1.12 bits per heavy atom. The number of halogens is 3. The number of carbonyl (C=O) groups excluding carboxylic acids is 1. The highest BCUT2D eigenvalue weighted by atomic mass is 19.4. The van der Waals surface area contributed by atoms with Crippen LogP contribution in [0.2, 0.25) is 0 Å². The summed E-state index contributed by atoms with van der Waals surface area (Å²) >= 11 is 0. The molecule has 4 rings (SSSR count). The minimum absolute atomic E-state index is 0.199. The number of furan rings is 1. The lowest BCUT2D eigenvalue weighted by molar-refractivity contribution is -0.137. The third kappa shape index (κ3) is 4.49. The number of hydrogen-bond donors (Lipinski definition) is 1. The lowest BCUT2D eigenvalue weighted by atomic mass is 9.86. The van der Waals surface area contributed by atoms with Crippen LogP contribution >= 0.6 is 0 Å². The maximum absolute atomic E-state index is 13.3. The predicted molar refractivity (Wildman–Crippen MR) is 121 cm³/mol. The molecule has 0 bridgehead atoms. The third-order valence-electron chi connectivity index (χ3n) is 6.05. The minimum Gasteiger partial charge on any atom is -0.449 e. The van der Waals surface area contributed by atoms with Gasteiger partial charge in [0, 0.05) is 36.8 Å². The number of aromatic nitrogens is 1. The Morgan fingerprint density at radius 3 is 2.36 bits per heavy atom. The first-order valence-corrected chi connectivity index (χ1v) is 10.9. The van der Waals surface area contributed by atoms with Gasteiger partial charge in [0.05, 0.1) is 16.8 Å². The second kappa shape index (κ2) is 7.87. The molecule has 1 aliphatic heterocycles. The molecule has 2 aromatic heterocycles. The van der Waals surface area contributed by atoms with Crippen LogP contribution in [0.3, 0.4) is 0 Å². The Hall–Kier alpha value is -2.87. The average Bonchev–Trinajstić information content (AvgIpc) is 3.15. The van der Waals surface area contributed by atoms with E-state index in [0.717, 1.165) is 17.7 Å². The Morgan fingerprint density at radius 2 is 1.79 bits per heavy atom. The van der Waals surface area contributed by atoms with Crippen LogP contribution in [0.4, 0.5) is 13.2 Å². The molecule has 5 nitrogen and oxygen atoms in total. The molecule has 1 N–H and O–H groups in total. The lowest BCUT2D eigenvalue weighted by Crippen LogP contribution is -2.59. The van der Waals surface area contributed by atoms with E-state index in [0.29, 0.717) is 42.0 Å². The average molecular weight is 460 g/mol. The van der Waals surface area contributed by atoms with Crippen molar-refractivity contribution >= 4 is 17.0 Å². The summed E-state index contributed by atoms with van der Waals surface area (Å²) in [5, 5.41) is 3.30. The Balaban J connectivity index is 1.80. The number of nitrogens with zero attached hydrogens (tertiary/aromatic N) is 2. The Bertz CT molecular complexity index is 1190. The summed E-state index contributed by atoms with van der Waals surface area (Å²) in [6.45, 7) is 12.0. The van der Waals surface area contributed by atoms with Crippen LogP contribution in [-0.4, -0.2) is 41.0 Å². The van der Waals surface area contributed by atoms with Gasteiger partial charge >= 0.3 is 6.18 Å². The van der Waals surface area contributed by atoms with Crippen LogP contribution < -0.4 is 5.32 Å². The molecule has 1 amide bonds. The van der Waals surface area contributed by atoms with Crippen molar-refractivity contribution in [2.24, 2.45) is 0 Å². The van der Waals surface area contributed by atoms with Gasteiger partial charge in [-0.1, -0.05) is 32.9 Å². The van der Waals surface area contributed by atoms with E-state index < -0.39 is 11.7 Å². The van der Waals surface area contributed by atoms with Crippen molar-refractivity contribution in [1.82, 2.24) is 15.2 Å². The molecule has 176 valence electrons. The first-order chi connectivity index (χ1) is 15.3. The van der Waals surface area contributed by atoms with E-state index in [2.05, 4.69) is 10.3 Å². The van der Waals surface area contributed by atoms with E-state index >= 15 is 0 Å². The second-order valence-electron chi connectivity index (χ2n) is 10.2. The number of amides is 1. The second-order valence-corrected chi connectivity index (χ2v) is 10.2. The number of fused-ring (bicyclic) bond motifs is 1. The molecule has 1 saturated heterocycles. The minimum atomic E-state index is -4.40. The first kappa shape index (κ1) is 23.3. The smallest absolute Gasteiger partial charge is 0.416 e. The lowest BCUT2D eigenvalue weighted by Gasteiger charge is -2.42. The van der Waals surface area contributed by atoms with Crippen molar-refractivity contribution in [3.8, 4) is 11.3 Å². The third-order valence-corrected chi connectivity index (χ3v) is 6.05. The van der Waals surface area contributed by atoms with E-state index in [9.17, 15) is 18.0 Å². The molecule has 0 radical (unpaired) electrons. The van der Waals surface area contributed by atoms with E-state index in [1.165, 1.54) is 12.1 Å². The zero-order chi connectivity index (χ0) is 24.2. The molecule has 0 atom stereocenters. The number of benzene rings is 1. The monoisotopic (exact) mass is 459 g/mol. The summed E-state index contributed by atoms with van der Waals surface area (Å²) in [4.78, 5) is 19.7. The molecule has 1 aliphatic rings. The summed E-state index contributed by atoms with van der Waals surface area (Å²) in [6.07, 6.45) is -4.40. The normalized spacial score (nSPS) is 16.9. The highest BCUT2D eigenvalue weighted by Crippen LogP contribution is 2.36. The topological polar surface area (TPSA) is 58.4 Å². The summed E-state index contributed by atoms with van der Waals surface area (Å²) in [6, 6.07) is 8.40. The molecule has 0 aliphatic carbocycles. The quantitative estimate of drug-likeness (QED) is 0.539. The van der Waals surface area contributed by atoms with Crippen molar-refractivity contribution in [3.05, 3.63) is 53.3 Å². The predicted octanol–water partition coefficient (Wildman–Crippen LogP) is 5.64. The maximum Gasteiger partial charge on any atom is 0.416 e. The number of hydrogen-bond acceptors (Lipinski definition) is 4. The molecule has 33 heavy (non-hydrogen) atoms. The fourth-order valence-electron chi connectivity index (χ4n) is 4.15. The number of alkyl halides is 3. The maximum atomic E-state index is 13.3. The largest absolute Gasteiger partial charge is 0.449 e. The molecule has 1 aromatic carbocycles. The number of piperazine rings is 1. The highest BCUT2D eigenvalue weighted by Gasteiger charge is 2.36. The summed E-state index contributed by atoms with van der Waals surface area (Å²) in [7, 11) is 0.